The van der Waals surface area contributed by atoms with E-state index in [4.69, 9.17) is 5.26 Å². The van der Waals surface area contributed by atoms with E-state index in [1.54, 1.807) is 6.92 Å². The van der Waals surface area contributed by atoms with E-state index in [0.717, 1.165) is 19.4 Å². The number of amides is 1. The molecular weight excluding hydrogens is 438 g/mol. The molecular formula is C26H50ClN3O3. The Bertz CT molecular complexity index is 539. The van der Waals surface area contributed by atoms with Gasteiger partial charge in [0, 0.05) is 0 Å². The predicted molar refractivity (Wildman–Crippen MR) is 139 cm³/mol. The van der Waals surface area contributed by atoms with Crippen LogP contribution in [0.5, 0.6) is 0 Å². The summed E-state index contributed by atoms with van der Waals surface area (Å²) in [4.78, 5) is 23.5. The van der Waals surface area contributed by atoms with Gasteiger partial charge in [-0.2, -0.15) is 5.26 Å². The summed E-state index contributed by atoms with van der Waals surface area (Å²) in [6.45, 7) is 6.08. The first-order chi connectivity index (χ1) is 15.4. The van der Waals surface area contributed by atoms with Crippen LogP contribution >= 0.6 is 12.4 Å². The zero-order valence-electron chi connectivity index (χ0n) is 21.4. The minimum atomic E-state index is -1.55. The van der Waals surface area contributed by atoms with E-state index in [1.807, 2.05) is 6.07 Å². The molecule has 7 heteroatoms. The molecule has 0 aromatic carbocycles. The standard InChI is InChI=1S/C26H49N3O3.ClH/c1-4-5-6-7-8-9-10-11-12-13-14-15-16-17-18-19-22-28-23(2)24(30)29-26(3,20-21-27)25(31)32;/h23,28H,4-20,22H2,1-3H3,(H,29,30)(H,31,32);1H/t23-,26-;/m1./s1. The van der Waals surface area contributed by atoms with Gasteiger partial charge in [0.15, 0.2) is 0 Å². The van der Waals surface area contributed by atoms with Gasteiger partial charge >= 0.3 is 5.97 Å². The minimum Gasteiger partial charge on any atom is -0.479 e. The van der Waals surface area contributed by atoms with Crippen molar-refractivity contribution in [2.75, 3.05) is 6.54 Å². The number of carbonyl (C=O) groups is 2. The summed E-state index contributed by atoms with van der Waals surface area (Å²) in [6.07, 6.45) is 21.0. The molecule has 0 spiro atoms. The average molecular weight is 488 g/mol. The smallest absolute Gasteiger partial charge is 0.330 e. The van der Waals surface area contributed by atoms with Crippen molar-refractivity contribution in [3.63, 3.8) is 0 Å². The molecule has 0 heterocycles. The van der Waals surface area contributed by atoms with E-state index >= 15 is 0 Å². The molecule has 0 aliphatic heterocycles. The number of halogens is 1. The van der Waals surface area contributed by atoms with E-state index in [9.17, 15) is 14.7 Å². The second-order valence-electron chi connectivity index (χ2n) is 9.44. The van der Waals surface area contributed by atoms with Gasteiger partial charge in [-0.1, -0.05) is 103 Å². The summed E-state index contributed by atoms with van der Waals surface area (Å²) in [5.74, 6) is -1.58. The fourth-order valence-corrected chi connectivity index (χ4v) is 3.80. The van der Waals surface area contributed by atoms with Crippen LogP contribution in [0.2, 0.25) is 0 Å². The highest BCUT2D eigenvalue weighted by Gasteiger charge is 2.35. The number of aliphatic carboxylic acids is 1. The predicted octanol–water partition coefficient (Wildman–Crippen LogP) is 6.52. The topological polar surface area (TPSA) is 102 Å². The summed E-state index contributed by atoms with van der Waals surface area (Å²) in [5, 5.41) is 23.7. The number of nitrogens with zero attached hydrogens (tertiary/aromatic N) is 1. The van der Waals surface area contributed by atoms with Gasteiger partial charge < -0.3 is 15.7 Å². The number of hydrogen-bond donors (Lipinski definition) is 3. The van der Waals surface area contributed by atoms with Gasteiger partial charge in [-0.15, -0.1) is 12.4 Å². The number of hydrogen-bond acceptors (Lipinski definition) is 4. The lowest BCUT2D eigenvalue weighted by atomic mass is 9.98. The molecule has 0 saturated heterocycles. The lowest BCUT2D eigenvalue weighted by Crippen LogP contribution is -2.56. The number of carboxylic acids is 1. The summed E-state index contributed by atoms with van der Waals surface area (Å²) in [5.41, 5.74) is -1.55. The molecule has 194 valence electrons. The summed E-state index contributed by atoms with van der Waals surface area (Å²) >= 11 is 0. The molecule has 0 aromatic rings. The van der Waals surface area contributed by atoms with Crippen molar-refractivity contribution in [3.8, 4) is 6.07 Å². The van der Waals surface area contributed by atoms with E-state index in [2.05, 4.69) is 17.6 Å². The Labute approximate surface area is 209 Å². The molecule has 0 fully saturated rings. The highest BCUT2D eigenvalue weighted by Crippen LogP contribution is 2.14. The third kappa shape index (κ3) is 18.8. The van der Waals surface area contributed by atoms with Crippen LogP contribution in [-0.2, 0) is 9.59 Å². The van der Waals surface area contributed by atoms with Crippen molar-refractivity contribution in [3.05, 3.63) is 0 Å². The second kappa shape index (κ2) is 22.5. The number of nitriles is 1. The van der Waals surface area contributed by atoms with Gasteiger partial charge in [0.25, 0.3) is 0 Å². The Morgan fingerprint density at radius 2 is 1.24 bits per heavy atom. The van der Waals surface area contributed by atoms with E-state index in [1.165, 1.54) is 96.8 Å². The number of nitrogens with one attached hydrogen (secondary N) is 2. The highest BCUT2D eigenvalue weighted by molar-refractivity contribution is 5.89. The molecule has 0 aliphatic carbocycles. The molecule has 0 aliphatic rings. The van der Waals surface area contributed by atoms with Crippen LogP contribution in [0.3, 0.4) is 0 Å². The molecule has 33 heavy (non-hydrogen) atoms. The van der Waals surface area contributed by atoms with Gasteiger partial charge in [0.1, 0.15) is 5.54 Å². The number of rotatable bonds is 22. The zero-order chi connectivity index (χ0) is 24.1. The van der Waals surface area contributed by atoms with Crippen LogP contribution in [-0.4, -0.2) is 35.1 Å². The van der Waals surface area contributed by atoms with Crippen molar-refractivity contribution in [1.29, 1.82) is 5.26 Å². The molecule has 0 saturated carbocycles. The zero-order valence-corrected chi connectivity index (χ0v) is 22.2. The van der Waals surface area contributed by atoms with Crippen molar-refractivity contribution in [1.82, 2.24) is 10.6 Å². The molecule has 3 N–H and O–H groups in total. The third-order valence-corrected chi connectivity index (χ3v) is 6.18. The van der Waals surface area contributed by atoms with Gasteiger partial charge in [-0.3, -0.25) is 4.79 Å². The largest absolute Gasteiger partial charge is 0.479 e. The quantitative estimate of drug-likeness (QED) is 0.151. The van der Waals surface area contributed by atoms with E-state index in [0.29, 0.717) is 0 Å². The fourth-order valence-electron chi connectivity index (χ4n) is 3.80. The molecule has 0 rings (SSSR count). The summed E-state index contributed by atoms with van der Waals surface area (Å²) in [6, 6.07) is 1.34. The Balaban J connectivity index is 0. The van der Waals surface area contributed by atoms with Gasteiger partial charge in [-0.25, -0.2) is 4.79 Å². The Morgan fingerprint density at radius 1 is 0.848 bits per heavy atom. The van der Waals surface area contributed by atoms with Gasteiger partial charge in [0.2, 0.25) is 5.91 Å². The van der Waals surface area contributed by atoms with Crippen LogP contribution in [0, 0.1) is 11.3 Å². The number of carboxylic acid groups (broad SMARTS) is 1. The lowest BCUT2D eigenvalue weighted by Gasteiger charge is -2.25. The first kappa shape index (κ1) is 33.9. The summed E-state index contributed by atoms with van der Waals surface area (Å²) in [7, 11) is 0. The average Bonchev–Trinajstić information content (AvgIpc) is 2.75. The summed E-state index contributed by atoms with van der Waals surface area (Å²) < 4.78 is 0. The van der Waals surface area contributed by atoms with Crippen LogP contribution in [0.1, 0.15) is 130 Å². The van der Waals surface area contributed by atoms with Crippen LogP contribution in [0.25, 0.3) is 0 Å². The highest BCUT2D eigenvalue weighted by atomic mass is 35.5. The van der Waals surface area contributed by atoms with Crippen LogP contribution in [0.4, 0.5) is 0 Å². The Kier molecular flexibility index (Phi) is 23.1. The number of unbranched alkanes of at least 4 members (excludes halogenated alkanes) is 15. The molecule has 0 bridgehead atoms. The molecule has 1 amide bonds. The van der Waals surface area contributed by atoms with Crippen molar-refractivity contribution < 1.29 is 14.7 Å². The van der Waals surface area contributed by atoms with Gasteiger partial charge in [0.05, 0.1) is 18.5 Å². The normalized spacial score (nSPS) is 13.4. The fraction of sp³-hybridized carbons (Fsp3) is 0.885. The first-order valence-electron chi connectivity index (χ1n) is 13.0. The third-order valence-electron chi connectivity index (χ3n) is 6.18. The number of carbonyl (C=O) groups excluding carboxylic acids is 1. The van der Waals surface area contributed by atoms with E-state index in [-0.39, 0.29) is 24.7 Å². The molecule has 2 atom stereocenters. The van der Waals surface area contributed by atoms with Crippen molar-refractivity contribution >= 4 is 24.3 Å². The maximum Gasteiger partial charge on any atom is 0.330 e. The Hall–Kier alpha value is -1.32. The van der Waals surface area contributed by atoms with Crippen molar-refractivity contribution in [2.24, 2.45) is 0 Å². The van der Waals surface area contributed by atoms with Crippen LogP contribution in [0.15, 0.2) is 0 Å². The monoisotopic (exact) mass is 487 g/mol. The Morgan fingerprint density at radius 3 is 1.61 bits per heavy atom. The van der Waals surface area contributed by atoms with E-state index < -0.39 is 17.6 Å². The van der Waals surface area contributed by atoms with Gasteiger partial charge in [-0.05, 0) is 26.8 Å². The van der Waals surface area contributed by atoms with Crippen molar-refractivity contribution in [2.45, 2.75) is 142 Å². The SMILES string of the molecule is CCCCCCCCCCCCCCCCCCN[C@H](C)C(=O)N[C@](C)(CC#N)C(=O)O.Cl. The second-order valence-corrected chi connectivity index (χ2v) is 9.44. The van der Waals surface area contributed by atoms with Crippen LogP contribution < -0.4 is 10.6 Å². The minimum absolute atomic E-state index is 0. The maximum absolute atomic E-state index is 12.2. The maximum atomic E-state index is 12.2. The molecule has 0 aromatic heterocycles. The molecule has 6 nitrogen and oxygen atoms in total. The molecule has 0 radical (unpaired) electrons. The first-order valence-corrected chi connectivity index (χ1v) is 13.0. The molecule has 0 unspecified atom stereocenters. The lowest BCUT2D eigenvalue weighted by molar-refractivity contribution is -0.146.